The van der Waals surface area contributed by atoms with Crippen molar-refractivity contribution in [2.45, 2.75) is 75.4 Å². The maximum Gasteiger partial charge on any atom is 0.230 e. The van der Waals surface area contributed by atoms with Crippen molar-refractivity contribution in [1.29, 1.82) is 0 Å². The van der Waals surface area contributed by atoms with Gasteiger partial charge in [-0.2, -0.15) is 11.8 Å². The number of nitrogens with zero attached hydrogens (tertiary/aromatic N) is 1. The van der Waals surface area contributed by atoms with E-state index >= 15 is 0 Å². The van der Waals surface area contributed by atoms with Crippen molar-refractivity contribution in [3.63, 3.8) is 0 Å². The van der Waals surface area contributed by atoms with Crippen LogP contribution < -0.4 is 9.47 Å². The predicted molar refractivity (Wildman–Crippen MR) is 226 cm³/mol. The van der Waals surface area contributed by atoms with Crippen molar-refractivity contribution >= 4 is 17.5 Å². The molecule has 1 fully saturated rings. The maximum absolute atomic E-state index is 9.91. The molecule has 0 bridgehead atoms. The van der Waals surface area contributed by atoms with Crippen LogP contribution in [0.3, 0.4) is 0 Å². The van der Waals surface area contributed by atoms with Crippen LogP contribution in [0, 0.1) is 17.8 Å². The van der Waals surface area contributed by atoms with Crippen LogP contribution in [0.2, 0.25) is 0 Å². The Bertz CT molecular complexity index is 1930. The number of allylic oxidation sites excluding steroid dienone is 1. The highest BCUT2D eigenvalue weighted by molar-refractivity contribution is 8.00. The van der Waals surface area contributed by atoms with E-state index in [-0.39, 0.29) is 42.1 Å². The van der Waals surface area contributed by atoms with Gasteiger partial charge in [-0.15, -0.1) is 6.58 Å². The van der Waals surface area contributed by atoms with Gasteiger partial charge in [-0.1, -0.05) is 110 Å². The molecule has 2 N–H and O–H groups in total. The maximum atomic E-state index is 9.91. The summed E-state index contributed by atoms with van der Waals surface area (Å²) in [5.41, 5.74) is 6.53. The van der Waals surface area contributed by atoms with Crippen LogP contribution in [0.15, 0.2) is 133 Å². The van der Waals surface area contributed by atoms with Crippen molar-refractivity contribution in [1.82, 2.24) is 0 Å². The van der Waals surface area contributed by atoms with Crippen molar-refractivity contribution in [3.8, 4) is 28.4 Å². The number of ether oxygens (including phenoxy) is 3. The topological polar surface area (TPSA) is 89.7 Å². The fourth-order valence-electron chi connectivity index (χ4n) is 8.98. The van der Waals surface area contributed by atoms with Crippen LogP contribution in [-0.4, -0.2) is 52.5 Å². The van der Waals surface area contributed by atoms with Crippen LogP contribution >= 0.6 is 11.8 Å². The lowest BCUT2D eigenvalue weighted by Gasteiger charge is -2.58. The molecule has 0 radical (unpaired) electrons. The summed E-state index contributed by atoms with van der Waals surface area (Å²) in [6.07, 6.45) is 10.1. The van der Waals surface area contributed by atoms with Gasteiger partial charge >= 0.3 is 0 Å². The summed E-state index contributed by atoms with van der Waals surface area (Å²) in [5.74, 6) is 2.49. The molecule has 8 heteroatoms. The molecule has 4 aromatic rings. The number of thioether (sulfide) groups is 1. The number of hydrogen-bond donors (Lipinski definition) is 2. The van der Waals surface area contributed by atoms with Crippen LogP contribution in [0.25, 0.3) is 11.1 Å². The molecule has 0 amide bonds. The van der Waals surface area contributed by atoms with Gasteiger partial charge in [0.25, 0.3) is 0 Å². The second-order valence-electron chi connectivity index (χ2n) is 15.0. The Morgan fingerprint density at radius 3 is 2.27 bits per heavy atom. The van der Waals surface area contributed by atoms with Crippen molar-refractivity contribution in [3.05, 3.63) is 139 Å². The smallest absolute Gasteiger partial charge is 0.230 e. The Morgan fingerprint density at radius 2 is 1.55 bits per heavy atom. The third kappa shape index (κ3) is 8.79. The van der Waals surface area contributed by atoms with Gasteiger partial charge in [-0.3, -0.25) is 0 Å². The second-order valence-corrected chi connectivity index (χ2v) is 16.4. The monoisotopic (exact) mass is 773 g/mol. The molecule has 1 heterocycles. The summed E-state index contributed by atoms with van der Waals surface area (Å²) in [4.78, 5) is 6.16. The molecule has 0 spiro atoms. The molecular formula is C48H55NO6S. The SMILES string of the molecule is C=CCO[C@@]12Oc3ccc(Oc4ccc(-c5ccccc5)cc4)cc3[C@H]3[C@H](CCCCO)[C@@H](CCCCO)C=C(C(=NOCc4ccccc4)C[C@@H]1SCC)[C@H]32. The molecule has 7 rings (SSSR count). The molecule has 1 aliphatic heterocycles. The first-order valence-electron chi connectivity index (χ1n) is 20.3. The van der Waals surface area contributed by atoms with E-state index in [2.05, 4.69) is 68.1 Å². The molecule has 2 aliphatic carbocycles. The number of rotatable bonds is 19. The molecule has 4 aromatic carbocycles. The third-order valence-corrected chi connectivity index (χ3v) is 12.7. The number of hydrogen-bond acceptors (Lipinski definition) is 8. The Kier molecular flexibility index (Phi) is 13.7. The number of aliphatic hydroxyl groups excluding tert-OH is 2. The minimum Gasteiger partial charge on any atom is -0.460 e. The predicted octanol–water partition coefficient (Wildman–Crippen LogP) is 10.7. The molecule has 6 atom stereocenters. The lowest BCUT2D eigenvalue weighted by atomic mass is 9.56. The molecule has 0 saturated heterocycles. The van der Waals surface area contributed by atoms with Crippen LogP contribution in [-0.2, 0) is 16.2 Å². The highest BCUT2D eigenvalue weighted by Gasteiger charge is 2.63. The van der Waals surface area contributed by atoms with E-state index in [4.69, 9.17) is 24.2 Å². The van der Waals surface area contributed by atoms with Gasteiger partial charge in [0.15, 0.2) is 0 Å². The van der Waals surface area contributed by atoms with Gasteiger partial charge in [-0.05, 0) is 95.9 Å². The first-order valence-corrected chi connectivity index (χ1v) is 21.3. The minimum absolute atomic E-state index is 0.00460. The number of aliphatic hydroxyl groups is 2. The molecule has 0 aromatic heterocycles. The average molecular weight is 774 g/mol. The zero-order valence-corrected chi connectivity index (χ0v) is 33.2. The summed E-state index contributed by atoms with van der Waals surface area (Å²) in [7, 11) is 0. The summed E-state index contributed by atoms with van der Waals surface area (Å²) >= 11 is 1.85. The number of unbranched alkanes of at least 4 members (excludes halogenated alkanes) is 2. The summed E-state index contributed by atoms with van der Waals surface area (Å²) < 4.78 is 20.8. The van der Waals surface area contributed by atoms with Crippen LogP contribution in [0.1, 0.15) is 68.9 Å². The van der Waals surface area contributed by atoms with Gasteiger partial charge in [-0.25, -0.2) is 0 Å². The fraction of sp³-hybridized carbons (Fsp3) is 0.396. The van der Waals surface area contributed by atoms with E-state index < -0.39 is 5.79 Å². The molecular weight excluding hydrogens is 719 g/mol. The van der Waals surface area contributed by atoms with E-state index in [1.54, 1.807) is 0 Å². The largest absolute Gasteiger partial charge is 0.460 e. The van der Waals surface area contributed by atoms with Crippen LogP contribution in [0.5, 0.6) is 17.2 Å². The molecule has 294 valence electrons. The highest BCUT2D eigenvalue weighted by atomic mass is 32.2. The van der Waals surface area contributed by atoms with E-state index in [1.807, 2.05) is 72.4 Å². The van der Waals surface area contributed by atoms with Gasteiger partial charge in [0, 0.05) is 31.1 Å². The first-order chi connectivity index (χ1) is 27.6. The lowest BCUT2D eigenvalue weighted by molar-refractivity contribution is -0.223. The van der Waals surface area contributed by atoms with E-state index in [0.717, 1.165) is 95.1 Å². The molecule has 56 heavy (non-hydrogen) atoms. The zero-order chi connectivity index (χ0) is 38.7. The normalized spacial score (nSPS) is 24.4. The number of oxime groups is 1. The summed E-state index contributed by atoms with van der Waals surface area (Å²) in [6.45, 7) is 7.28. The van der Waals surface area contributed by atoms with Gasteiger partial charge < -0.3 is 29.3 Å². The number of benzene rings is 4. The number of fused-ring (bicyclic) bond motifs is 2. The Balaban J connectivity index is 1.33. The third-order valence-electron chi connectivity index (χ3n) is 11.4. The van der Waals surface area contributed by atoms with Crippen molar-refractivity contribution in [2.75, 3.05) is 25.6 Å². The van der Waals surface area contributed by atoms with Gasteiger partial charge in [0.1, 0.15) is 23.9 Å². The van der Waals surface area contributed by atoms with E-state index in [1.165, 1.54) is 0 Å². The van der Waals surface area contributed by atoms with Crippen LogP contribution in [0.4, 0.5) is 0 Å². The minimum atomic E-state index is -0.974. The Hall–Kier alpha value is -4.34. The summed E-state index contributed by atoms with van der Waals surface area (Å²) in [5, 5.41) is 24.6. The molecule has 3 aliphatic rings. The quantitative estimate of drug-likeness (QED) is 0.0557. The zero-order valence-electron chi connectivity index (χ0n) is 32.4. The highest BCUT2D eigenvalue weighted by Crippen LogP contribution is 2.62. The molecule has 1 saturated carbocycles. The van der Waals surface area contributed by atoms with E-state index in [9.17, 15) is 10.2 Å². The lowest BCUT2D eigenvalue weighted by Crippen LogP contribution is -2.64. The Labute approximate surface area is 336 Å². The molecule has 7 nitrogen and oxygen atoms in total. The average Bonchev–Trinajstić information content (AvgIpc) is 3.23. The van der Waals surface area contributed by atoms with Gasteiger partial charge in [0.05, 0.1) is 23.5 Å². The van der Waals surface area contributed by atoms with Gasteiger partial charge in [0.2, 0.25) is 5.79 Å². The standard InChI is InChI=1S/C48H55NO6S/c1-3-29-52-48-45(56-4-2)32-43(49-53-33-34-15-7-5-8-16-34)41-30-37(19-11-13-27-50)40(20-12-14-28-51)46(47(41)48)42-31-39(25-26-44(42)55-48)54-38-23-21-36(22-24-38)35-17-9-6-10-18-35/h3,5-10,15-18,21-26,30-31,37,40,45-47,50-51H,1,4,11-14,19-20,27-29,32-33H2,2H3/t37-,40+,45-,46+,47+,48+/m0/s1. The molecule has 0 unspecified atom stereocenters. The first kappa shape index (κ1) is 39.9. The van der Waals surface area contributed by atoms with E-state index in [0.29, 0.717) is 19.6 Å². The van der Waals surface area contributed by atoms with Crippen molar-refractivity contribution < 1.29 is 29.3 Å². The fourth-order valence-corrected chi connectivity index (χ4v) is 10.2. The summed E-state index contributed by atoms with van der Waals surface area (Å²) in [6, 6.07) is 35.0. The second kappa shape index (κ2) is 19.2. The Morgan fingerprint density at radius 1 is 0.857 bits per heavy atom. The van der Waals surface area contributed by atoms with Crippen molar-refractivity contribution in [2.24, 2.45) is 22.9 Å².